The van der Waals surface area contributed by atoms with Crippen molar-refractivity contribution in [3.05, 3.63) is 65.7 Å². The zero-order valence-corrected chi connectivity index (χ0v) is 13.6. The average Bonchev–Trinajstić information content (AvgIpc) is 3.14. The number of rotatable bonds is 7. The molecular formula is C20H26N2O. The van der Waals surface area contributed by atoms with Gasteiger partial charge in [-0.2, -0.15) is 0 Å². The van der Waals surface area contributed by atoms with Crippen LogP contribution in [0.2, 0.25) is 0 Å². The number of anilines is 1. The first kappa shape index (κ1) is 16.0. The minimum atomic E-state index is -0.436. The summed E-state index contributed by atoms with van der Waals surface area (Å²) in [5.41, 5.74) is 3.66. The first-order chi connectivity index (χ1) is 11.3. The molecule has 0 amide bonds. The van der Waals surface area contributed by atoms with Gasteiger partial charge in [0.05, 0.1) is 6.10 Å². The van der Waals surface area contributed by atoms with Gasteiger partial charge in [-0.3, -0.25) is 0 Å². The Bertz CT molecular complexity index is 576. The van der Waals surface area contributed by atoms with Crippen LogP contribution in [0.3, 0.4) is 0 Å². The van der Waals surface area contributed by atoms with Crippen molar-refractivity contribution < 1.29 is 5.11 Å². The molecule has 1 aliphatic heterocycles. The Morgan fingerprint density at radius 2 is 1.65 bits per heavy atom. The SMILES string of the molecule is OC(CNCCc1ccc(N2CCCC2)cc1)c1ccccc1. The molecule has 0 bridgehead atoms. The van der Waals surface area contributed by atoms with Gasteiger partial charge in [-0.25, -0.2) is 0 Å². The van der Waals surface area contributed by atoms with E-state index < -0.39 is 6.10 Å². The number of aliphatic hydroxyl groups excluding tert-OH is 1. The lowest BCUT2D eigenvalue weighted by Gasteiger charge is -2.17. The zero-order chi connectivity index (χ0) is 15.9. The van der Waals surface area contributed by atoms with E-state index in [1.165, 1.54) is 37.2 Å². The Kier molecular flexibility index (Phi) is 5.67. The number of hydrogen-bond acceptors (Lipinski definition) is 3. The van der Waals surface area contributed by atoms with Gasteiger partial charge in [0.2, 0.25) is 0 Å². The molecule has 0 spiro atoms. The van der Waals surface area contributed by atoms with Crippen molar-refractivity contribution in [2.24, 2.45) is 0 Å². The highest BCUT2D eigenvalue weighted by atomic mass is 16.3. The second-order valence-corrected chi connectivity index (χ2v) is 6.24. The highest BCUT2D eigenvalue weighted by molar-refractivity contribution is 5.48. The van der Waals surface area contributed by atoms with E-state index in [4.69, 9.17) is 0 Å². The first-order valence-electron chi connectivity index (χ1n) is 8.60. The van der Waals surface area contributed by atoms with E-state index in [0.717, 1.165) is 18.5 Å². The Morgan fingerprint density at radius 3 is 2.35 bits per heavy atom. The van der Waals surface area contributed by atoms with Gasteiger partial charge >= 0.3 is 0 Å². The predicted octanol–water partition coefficient (Wildman–Crippen LogP) is 3.15. The number of aliphatic hydroxyl groups is 1. The van der Waals surface area contributed by atoms with Gasteiger partial charge in [0.25, 0.3) is 0 Å². The molecule has 1 fully saturated rings. The summed E-state index contributed by atoms with van der Waals surface area (Å²) in [4.78, 5) is 2.46. The largest absolute Gasteiger partial charge is 0.387 e. The van der Waals surface area contributed by atoms with Gasteiger partial charge in [-0.15, -0.1) is 0 Å². The van der Waals surface area contributed by atoms with Crippen molar-refractivity contribution in [3.8, 4) is 0 Å². The maximum Gasteiger partial charge on any atom is 0.0914 e. The van der Waals surface area contributed by atoms with E-state index in [2.05, 4.69) is 34.5 Å². The van der Waals surface area contributed by atoms with Crippen LogP contribution in [-0.2, 0) is 6.42 Å². The molecule has 122 valence electrons. The van der Waals surface area contributed by atoms with Crippen molar-refractivity contribution >= 4 is 5.69 Å². The molecule has 1 saturated heterocycles. The Labute approximate surface area is 139 Å². The van der Waals surface area contributed by atoms with Crippen LogP contribution in [0, 0.1) is 0 Å². The highest BCUT2D eigenvalue weighted by Gasteiger charge is 2.11. The van der Waals surface area contributed by atoms with Gasteiger partial charge < -0.3 is 15.3 Å². The summed E-state index contributed by atoms with van der Waals surface area (Å²) >= 11 is 0. The van der Waals surface area contributed by atoms with Gasteiger partial charge in [0.15, 0.2) is 0 Å². The van der Waals surface area contributed by atoms with Crippen LogP contribution < -0.4 is 10.2 Å². The molecule has 2 N–H and O–H groups in total. The molecule has 0 radical (unpaired) electrons. The quantitative estimate of drug-likeness (QED) is 0.771. The van der Waals surface area contributed by atoms with Crippen molar-refractivity contribution in [3.63, 3.8) is 0 Å². The second-order valence-electron chi connectivity index (χ2n) is 6.24. The Morgan fingerprint density at radius 1 is 0.957 bits per heavy atom. The summed E-state index contributed by atoms with van der Waals surface area (Å²) in [6.45, 7) is 3.86. The summed E-state index contributed by atoms with van der Waals surface area (Å²) in [6, 6.07) is 18.7. The maximum absolute atomic E-state index is 10.1. The number of benzene rings is 2. The van der Waals surface area contributed by atoms with E-state index in [1.807, 2.05) is 30.3 Å². The van der Waals surface area contributed by atoms with Crippen LogP contribution in [0.4, 0.5) is 5.69 Å². The third-order valence-corrected chi connectivity index (χ3v) is 4.52. The average molecular weight is 310 g/mol. The zero-order valence-electron chi connectivity index (χ0n) is 13.6. The molecule has 1 heterocycles. The third kappa shape index (κ3) is 4.57. The van der Waals surface area contributed by atoms with Crippen molar-refractivity contribution in [1.82, 2.24) is 5.32 Å². The van der Waals surface area contributed by atoms with Crippen molar-refractivity contribution in [2.45, 2.75) is 25.4 Å². The summed E-state index contributed by atoms with van der Waals surface area (Å²) in [7, 11) is 0. The van der Waals surface area contributed by atoms with Crippen molar-refractivity contribution in [1.29, 1.82) is 0 Å². The summed E-state index contributed by atoms with van der Waals surface area (Å²) in [6.07, 6.45) is 3.18. The molecule has 1 aliphatic rings. The van der Waals surface area contributed by atoms with Gasteiger partial charge in [0.1, 0.15) is 0 Å². The smallest absolute Gasteiger partial charge is 0.0914 e. The molecular weight excluding hydrogens is 284 g/mol. The van der Waals surface area contributed by atoms with Gasteiger partial charge in [0, 0.05) is 25.3 Å². The normalized spacial score (nSPS) is 15.8. The lowest BCUT2D eigenvalue weighted by molar-refractivity contribution is 0.175. The molecule has 3 rings (SSSR count). The molecule has 0 aliphatic carbocycles. The summed E-state index contributed by atoms with van der Waals surface area (Å²) in [5, 5.41) is 13.4. The third-order valence-electron chi connectivity index (χ3n) is 4.52. The fourth-order valence-corrected chi connectivity index (χ4v) is 3.11. The van der Waals surface area contributed by atoms with E-state index in [9.17, 15) is 5.11 Å². The summed E-state index contributed by atoms with van der Waals surface area (Å²) in [5.74, 6) is 0. The van der Waals surface area contributed by atoms with Crippen LogP contribution in [0.5, 0.6) is 0 Å². The molecule has 0 aromatic heterocycles. The fraction of sp³-hybridized carbons (Fsp3) is 0.400. The molecule has 2 aromatic carbocycles. The maximum atomic E-state index is 10.1. The molecule has 1 unspecified atom stereocenters. The Hall–Kier alpha value is -1.84. The lowest BCUT2D eigenvalue weighted by atomic mass is 10.1. The summed E-state index contributed by atoms with van der Waals surface area (Å²) < 4.78 is 0. The lowest BCUT2D eigenvalue weighted by Crippen LogP contribution is -2.23. The van der Waals surface area contributed by atoms with Gasteiger partial charge in [-0.05, 0) is 49.1 Å². The van der Waals surface area contributed by atoms with Crippen LogP contribution in [0.15, 0.2) is 54.6 Å². The number of nitrogens with one attached hydrogen (secondary N) is 1. The predicted molar refractivity (Wildman–Crippen MR) is 95.9 cm³/mol. The van der Waals surface area contributed by atoms with E-state index in [0.29, 0.717) is 6.54 Å². The number of hydrogen-bond donors (Lipinski definition) is 2. The molecule has 0 saturated carbocycles. The van der Waals surface area contributed by atoms with Crippen LogP contribution in [-0.4, -0.2) is 31.3 Å². The number of nitrogens with zero attached hydrogens (tertiary/aromatic N) is 1. The van der Waals surface area contributed by atoms with Crippen LogP contribution in [0.25, 0.3) is 0 Å². The van der Waals surface area contributed by atoms with Gasteiger partial charge in [-0.1, -0.05) is 42.5 Å². The molecule has 1 atom stereocenters. The minimum Gasteiger partial charge on any atom is -0.387 e. The minimum absolute atomic E-state index is 0.436. The van der Waals surface area contributed by atoms with E-state index >= 15 is 0 Å². The van der Waals surface area contributed by atoms with Crippen molar-refractivity contribution in [2.75, 3.05) is 31.1 Å². The second kappa shape index (κ2) is 8.14. The molecule has 3 heteroatoms. The monoisotopic (exact) mass is 310 g/mol. The van der Waals surface area contributed by atoms with E-state index in [1.54, 1.807) is 0 Å². The van der Waals surface area contributed by atoms with E-state index in [-0.39, 0.29) is 0 Å². The molecule has 23 heavy (non-hydrogen) atoms. The Balaban J connectivity index is 1.40. The first-order valence-corrected chi connectivity index (χ1v) is 8.60. The topological polar surface area (TPSA) is 35.5 Å². The standard InChI is InChI=1S/C20H26N2O/c23-20(18-6-2-1-3-7-18)16-21-13-12-17-8-10-19(11-9-17)22-14-4-5-15-22/h1-3,6-11,20-21,23H,4-5,12-16H2. The fourth-order valence-electron chi connectivity index (χ4n) is 3.11. The highest BCUT2D eigenvalue weighted by Crippen LogP contribution is 2.20. The molecule has 2 aromatic rings. The van der Waals surface area contributed by atoms with Crippen LogP contribution >= 0.6 is 0 Å². The van der Waals surface area contributed by atoms with Crippen LogP contribution in [0.1, 0.15) is 30.1 Å². The molecule has 3 nitrogen and oxygen atoms in total.